The normalized spacial score (nSPS) is 12.5. The van der Waals surface area contributed by atoms with E-state index in [0.29, 0.717) is 23.7 Å². The van der Waals surface area contributed by atoms with E-state index in [0.717, 1.165) is 32.2 Å². The van der Waals surface area contributed by atoms with Crippen molar-refractivity contribution in [3.05, 3.63) is 113 Å². The maximum Gasteiger partial charge on any atom is 0.217 e. The van der Waals surface area contributed by atoms with E-state index in [-0.39, 0.29) is 0 Å². The largest absolute Gasteiger partial charge is 0.623 e. The molecule has 0 unspecified atom stereocenters. The summed E-state index contributed by atoms with van der Waals surface area (Å²) in [5.74, 6) is 0. The van der Waals surface area contributed by atoms with E-state index in [1.165, 1.54) is 5.56 Å². The highest BCUT2D eigenvalue weighted by Crippen LogP contribution is 2.23. The number of nitrogens with one attached hydrogen (secondary N) is 2. The zero-order chi connectivity index (χ0) is 23.2. The summed E-state index contributed by atoms with van der Waals surface area (Å²) in [6.45, 7) is 4.21. The molecule has 6 heteroatoms. The van der Waals surface area contributed by atoms with E-state index in [4.69, 9.17) is 0 Å². The minimum Gasteiger partial charge on any atom is -0.623 e. The predicted octanol–water partition coefficient (Wildman–Crippen LogP) is 6.16. The Kier molecular flexibility index (Phi) is 6.55. The summed E-state index contributed by atoms with van der Waals surface area (Å²) in [5, 5.41) is 31.1. The van der Waals surface area contributed by atoms with Crippen LogP contribution < -0.4 is 10.6 Å². The van der Waals surface area contributed by atoms with Gasteiger partial charge in [-0.15, -0.1) is 0 Å². The molecule has 0 bridgehead atoms. The number of aryl methyl sites for hydroxylation is 1. The molecule has 0 radical (unpaired) electrons. The van der Waals surface area contributed by atoms with Gasteiger partial charge in [0.05, 0.1) is 0 Å². The second-order valence-corrected chi connectivity index (χ2v) is 7.75. The Balaban J connectivity index is 1.40. The molecule has 6 nitrogen and oxygen atoms in total. The van der Waals surface area contributed by atoms with Crippen molar-refractivity contribution in [2.75, 3.05) is 17.2 Å². The molecular formula is C27H26N4O2. The highest BCUT2D eigenvalue weighted by molar-refractivity contribution is 6.15. The lowest BCUT2D eigenvalue weighted by Crippen LogP contribution is -2.16. The van der Waals surface area contributed by atoms with Crippen molar-refractivity contribution in [1.82, 2.24) is 0 Å². The number of hydrogen-bond donors (Lipinski definition) is 2. The smallest absolute Gasteiger partial charge is 0.217 e. The summed E-state index contributed by atoms with van der Waals surface area (Å²) < 4.78 is 1.73. The molecule has 0 atom stereocenters. The molecule has 0 saturated carbocycles. The van der Waals surface area contributed by atoms with Gasteiger partial charge in [0, 0.05) is 59.2 Å². The van der Waals surface area contributed by atoms with Crippen molar-refractivity contribution in [3.8, 4) is 0 Å². The Morgan fingerprint density at radius 1 is 0.606 bits per heavy atom. The second kappa shape index (κ2) is 9.87. The zero-order valence-electron chi connectivity index (χ0n) is 18.7. The Morgan fingerprint density at radius 3 is 1.45 bits per heavy atom. The predicted molar refractivity (Wildman–Crippen MR) is 136 cm³/mol. The Bertz CT molecular complexity index is 1220. The summed E-state index contributed by atoms with van der Waals surface area (Å²) >= 11 is 0. The third kappa shape index (κ3) is 5.49. The molecule has 166 valence electrons. The molecule has 33 heavy (non-hydrogen) atoms. The molecule has 0 aliphatic heterocycles. The van der Waals surface area contributed by atoms with Crippen LogP contribution in [0.5, 0.6) is 0 Å². The lowest BCUT2D eigenvalue weighted by atomic mass is 10.1. The maximum absolute atomic E-state index is 12.7. The number of hydrogen-bond acceptors (Lipinski definition) is 4. The fourth-order valence-corrected chi connectivity index (χ4v) is 3.37. The summed E-state index contributed by atoms with van der Waals surface area (Å²) in [7, 11) is 0. The quantitative estimate of drug-likeness (QED) is 0.209. The fourth-order valence-electron chi connectivity index (χ4n) is 3.37. The van der Waals surface area contributed by atoms with E-state index < -0.39 is 0 Å². The average Bonchev–Trinajstić information content (AvgIpc) is 2.86. The maximum atomic E-state index is 12.7. The highest BCUT2D eigenvalue weighted by atomic mass is 16.5. The van der Waals surface area contributed by atoms with Crippen LogP contribution in [0.1, 0.15) is 12.5 Å². The fraction of sp³-hybridized carbons (Fsp3) is 0.111. The molecule has 0 saturated heterocycles. The Labute approximate surface area is 193 Å². The van der Waals surface area contributed by atoms with Crippen molar-refractivity contribution >= 4 is 39.9 Å². The molecule has 4 rings (SSSR count). The monoisotopic (exact) mass is 438 g/mol. The van der Waals surface area contributed by atoms with Crippen LogP contribution in [0, 0.1) is 17.3 Å². The number of allylic oxidation sites excluding steroid dienone is 4. The van der Waals surface area contributed by atoms with Crippen LogP contribution in [0.4, 0.5) is 28.4 Å². The summed E-state index contributed by atoms with van der Waals surface area (Å²) in [6, 6.07) is 23.6. The minimum atomic E-state index is 0.362. The van der Waals surface area contributed by atoms with Crippen molar-refractivity contribution in [1.29, 1.82) is 0 Å². The van der Waals surface area contributed by atoms with E-state index in [9.17, 15) is 10.4 Å². The number of hydroxylamine groups is 1. The number of nitrogens with zero attached hydrogens (tertiary/aromatic N) is 2. The van der Waals surface area contributed by atoms with Gasteiger partial charge in [-0.3, -0.25) is 0 Å². The van der Waals surface area contributed by atoms with E-state index >= 15 is 0 Å². The molecule has 0 spiro atoms. The van der Waals surface area contributed by atoms with Gasteiger partial charge >= 0.3 is 0 Å². The van der Waals surface area contributed by atoms with Gasteiger partial charge in [0.2, 0.25) is 17.1 Å². The van der Waals surface area contributed by atoms with Gasteiger partial charge in [-0.1, -0.05) is 17.7 Å². The lowest BCUT2D eigenvalue weighted by Gasteiger charge is -2.11. The number of rotatable bonds is 6. The van der Waals surface area contributed by atoms with E-state index in [1.54, 1.807) is 43.4 Å². The second-order valence-electron chi connectivity index (χ2n) is 7.75. The molecule has 2 N–H and O–H groups in total. The zero-order valence-corrected chi connectivity index (χ0v) is 18.7. The van der Waals surface area contributed by atoms with Gasteiger partial charge < -0.3 is 21.0 Å². The van der Waals surface area contributed by atoms with Gasteiger partial charge in [0.15, 0.2) is 6.54 Å². The van der Waals surface area contributed by atoms with Gasteiger partial charge in [0.25, 0.3) is 0 Å². The summed E-state index contributed by atoms with van der Waals surface area (Å²) in [5.41, 5.74) is 6.63. The summed E-state index contributed by atoms with van der Waals surface area (Å²) in [4.78, 5) is 0. The van der Waals surface area contributed by atoms with Crippen LogP contribution in [-0.2, 0) is 0 Å². The topological polar surface area (TPSA) is 76.2 Å². The highest BCUT2D eigenvalue weighted by Gasteiger charge is 2.13. The molecule has 1 aliphatic carbocycles. The molecule has 1 aliphatic rings. The first-order chi connectivity index (χ1) is 16.0. The van der Waals surface area contributed by atoms with Gasteiger partial charge in [-0.05, 0) is 62.4 Å². The van der Waals surface area contributed by atoms with Crippen LogP contribution >= 0.6 is 0 Å². The molecule has 0 heterocycles. The van der Waals surface area contributed by atoms with Crippen LogP contribution in [-0.4, -0.2) is 27.4 Å². The number of benzene rings is 3. The standard InChI is InChI=1S/C27H26N4O2/c1-3-30(32)25-16-18-27(19-17-25)31(33)26-14-12-24(13-15-26)29-23-10-8-22(9-11-23)28-21-6-4-20(2)5-7-21/h4-19,28-29H,3H2,1-2H3. The molecular weight excluding hydrogens is 412 g/mol. The average molecular weight is 439 g/mol. The molecule has 3 aromatic rings. The first-order valence-electron chi connectivity index (χ1n) is 10.8. The Morgan fingerprint density at radius 2 is 1.00 bits per heavy atom. The van der Waals surface area contributed by atoms with Gasteiger partial charge in [-0.2, -0.15) is 4.74 Å². The van der Waals surface area contributed by atoms with Crippen molar-refractivity contribution < 1.29 is 9.48 Å². The SMILES string of the molecule is CC[N+]([O-])=C1C=CC(=[N+]([O-])c2ccc(Nc3ccc(Nc4ccc(C)cc4)cc3)cc2)C=C1. The Hall–Kier alpha value is -4.32. The molecule has 0 aromatic heterocycles. The molecule has 0 fully saturated rings. The van der Waals surface area contributed by atoms with Gasteiger partial charge in [-0.25, -0.2) is 4.74 Å². The van der Waals surface area contributed by atoms with Crippen molar-refractivity contribution in [2.45, 2.75) is 13.8 Å². The van der Waals surface area contributed by atoms with Crippen LogP contribution in [0.2, 0.25) is 0 Å². The lowest BCUT2D eigenvalue weighted by molar-refractivity contribution is -0.451. The van der Waals surface area contributed by atoms with Crippen LogP contribution in [0.15, 0.2) is 97.1 Å². The van der Waals surface area contributed by atoms with Crippen LogP contribution in [0.3, 0.4) is 0 Å². The number of anilines is 4. The molecule has 3 aromatic carbocycles. The minimum absolute atomic E-state index is 0.362. The summed E-state index contributed by atoms with van der Waals surface area (Å²) in [6.07, 6.45) is 6.62. The first kappa shape index (κ1) is 21.9. The first-order valence-corrected chi connectivity index (χ1v) is 10.8. The third-order valence-corrected chi connectivity index (χ3v) is 5.28. The van der Waals surface area contributed by atoms with E-state index in [1.807, 2.05) is 36.4 Å². The van der Waals surface area contributed by atoms with Gasteiger partial charge in [0.1, 0.15) is 0 Å². The van der Waals surface area contributed by atoms with Crippen LogP contribution in [0.25, 0.3) is 0 Å². The van der Waals surface area contributed by atoms with Crippen molar-refractivity contribution in [3.63, 3.8) is 0 Å². The van der Waals surface area contributed by atoms with Crippen molar-refractivity contribution in [2.24, 2.45) is 0 Å². The van der Waals surface area contributed by atoms with E-state index in [2.05, 4.69) is 41.8 Å². The molecule has 0 amide bonds. The third-order valence-electron chi connectivity index (χ3n) is 5.28.